The highest BCUT2D eigenvalue weighted by Crippen LogP contribution is 2.25. The second-order valence-electron chi connectivity index (χ2n) is 2.54. The van der Waals surface area contributed by atoms with Gasteiger partial charge in [0, 0.05) is 16.3 Å². The quantitative estimate of drug-likeness (QED) is 0.664. The third kappa shape index (κ3) is 1.37. The van der Waals surface area contributed by atoms with E-state index in [9.17, 15) is 0 Å². The molecular formula is C9H8BrNO. The standard InChI is InChI=1S/C9H8BrNO/c10-8-2-1-3-9-7(8)6-11-4-5-12-9/h1-3,6H,4-5H2. The highest BCUT2D eigenvalue weighted by Gasteiger charge is 2.07. The Hall–Kier alpha value is -0.830. The highest BCUT2D eigenvalue weighted by atomic mass is 79.9. The zero-order valence-electron chi connectivity index (χ0n) is 6.46. The molecule has 0 bridgehead atoms. The van der Waals surface area contributed by atoms with Crippen LogP contribution in [0.5, 0.6) is 5.75 Å². The Kier molecular flexibility index (Phi) is 2.13. The summed E-state index contributed by atoms with van der Waals surface area (Å²) in [6.07, 6.45) is 1.85. The topological polar surface area (TPSA) is 21.6 Å². The van der Waals surface area contributed by atoms with Crippen molar-refractivity contribution in [2.24, 2.45) is 4.99 Å². The van der Waals surface area contributed by atoms with E-state index in [2.05, 4.69) is 20.9 Å². The summed E-state index contributed by atoms with van der Waals surface area (Å²) < 4.78 is 6.51. The number of benzene rings is 1. The molecule has 0 saturated heterocycles. The molecule has 0 radical (unpaired) electrons. The van der Waals surface area contributed by atoms with Crippen LogP contribution < -0.4 is 4.74 Å². The molecular weight excluding hydrogens is 218 g/mol. The van der Waals surface area contributed by atoms with Crippen LogP contribution in [0.2, 0.25) is 0 Å². The van der Waals surface area contributed by atoms with Crippen LogP contribution in [-0.4, -0.2) is 19.4 Å². The lowest BCUT2D eigenvalue weighted by Crippen LogP contribution is -1.98. The van der Waals surface area contributed by atoms with Gasteiger partial charge in [0.1, 0.15) is 12.4 Å². The predicted molar refractivity (Wildman–Crippen MR) is 52.1 cm³/mol. The van der Waals surface area contributed by atoms with Gasteiger partial charge in [0.05, 0.1) is 6.54 Å². The number of ether oxygens (including phenoxy) is 1. The lowest BCUT2D eigenvalue weighted by atomic mass is 10.2. The van der Waals surface area contributed by atoms with Crippen molar-refractivity contribution < 1.29 is 4.74 Å². The third-order valence-corrected chi connectivity index (χ3v) is 2.40. The largest absolute Gasteiger partial charge is 0.491 e. The molecule has 0 atom stereocenters. The first-order valence-corrected chi connectivity index (χ1v) is 4.58. The van der Waals surface area contributed by atoms with Gasteiger partial charge in [-0.1, -0.05) is 6.07 Å². The Bertz CT molecular complexity index is 322. The van der Waals surface area contributed by atoms with E-state index >= 15 is 0 Å². The van der Waals surface area contributed by atoms with Crippen molar-refractivity contribution in [2.75, 3.05) is 13.2 Å². The molecule has 2 rings (SSSR count). The molecule has 1 aliphatic rings. The van der Waals surface area contributed by atoms with Crippen molar-refractivity contribution in [3.63, 3.8) is 0 Å². The molecule has 0 saturated carbocycles. The second kappa shape index (κ2) is 3.27. The average molecular weight is 226 g/mol. The number of aliphatic imine (C=N–C) groups is 1. The molecule has 1 aromatic rings. The smallest absolute Gasteiger partial charge is 0.129 e. The van der Waals surface area contributed by atoms with Gasteiger partial charge in [-0.25, -0.2) is 0 Å². The van der Waals surface area contributed by atoms with E-state index in [0.717, 1.165) is 22.3 Å². The van der Waals surface area contributed by atoms with Crippen molar-refractivity contribution in [1.82, 2.24) is 0 Å². The monoisotopic (exact) mass is 225 g/mol. The summed E-state index contributed by atoms with van der Waals surface area (Å²) in [4.78, 5) is 4.19. The summed E-state index contributed by atoms with van der Waals surface area (Å²) in [5.41, 5.74) is 1.04. The molecule has 62 valence electrons. The van der Waals surface area contributed by atoms with Crippen LogP contribution >= 0.6 is 15.9 Å². The fourth-order valence-corrected chi connectivity index (χ4v) is 1.58. The van der Waals surface area contributed by atoms with Crippen molar-refractivity contribution >= 4 is 22.1 Å². The van der Waals surface area contributed by atoms with E-state index in [1.54, 1.807) is 0 Å². The van der Waals surface area contributed by atoms with Crippen molar-refractivity contribution in [3.05, 3.63) is 28.2 Å². The van der Waals surface area contributed by atoms with Gasteiger partial charge in [0.25, 0.3) is 0 Å². The fourth-order valence-electron chi connectivity index (χ4n) is 1.13. The highest BCUT2D eigenvalue weighted by molar-refractivity contribution is 9.10. The number of hydrogen-bond donors (Lipinski definition) is 0. The van der Waals surface area contributed by atoms with Crippen molar-refractivity contribution in [1.29, 1.82) is 0 Å². The number of hydrogen-bond acceptors (Lipinski definition) is 2. The van der Waals surface area contributed by atoms with Crippen LogP contribution in [0, 0.1) is 0 Å². The summed E-state index contributed by atoms with van der Waals surface area (Å²) in [5, 5.41) is 0. The molecule has 0 N–H and O–H groups in total. The zero-order valence-corrected chi connectivity index (χ0v) is 8.04. The molecule has 3 heteroatoms. The molecule has 0 fully saturated rings. The van der Waals surface area contributed by atoms with Crippen LogP contribution in [0.3, 0.4) is 0 Å². The van der Waals surface area contributed by atoms with Gasteiger partial charge in [0.2, 0.25) is 0 Å². The van der Waals surface area contributed by atoms with Gasteiger partial charge in [0.15, 0.2) is 0 Å². The maximum atomic E-state index is 5.47. The Morgan fingerprint density at radius 3 is 3.25 bits per heavy atom. The van der Waals surface area contributed by atoms with Crippen LogP contribution in [0.25, 0.3) is 0 Å². The number of rotatable bonds is 0. The summed E-state index contributed by atoms with van der Waals surface area (Å²) in [7, 11) is 0. The van der Waals surface area contributed by atoms with E-state index in [1.165, 1.54) is 0 Å². The summed E-state index contributed by atoms with van der Waals surface area (Å²) >= 11 is 3.45. The molecule has 1 aliphatic heterocycles. The SMILES string of the molecule is Brc1cccc2c1C=NCCO2. The minimum Gasteiger partial charge on any atom is -0.491 e. The number of nitrogens with zero attached hydrogens (tertiary/aromatic N) is 1. The Balaban J connectivity index is 2.53. The molecule has 0 aromatic heterocycles. The Morgan fingerprint density at radius 2 is 2.33 bits per heavy atom. The van der Waals surface area contributed by atoms with Gasteiger partial charge >= 0.3 is 0 Å². The molecule has 0 unspecified atom stereocenters. The third-order valence-electron chi connectivity index (χ3n) is 1.71. The van der Waals surface area contributed by atoms with Crippen molar-refractivity contribution in [3.8, 4) is 5.75 Å². The maximum Gasteiger partial charge on any atom is 0.129 e. The average Bonchev–Trinajstić information content (AvgIpc) is 2.30. The van der Waals surface area contributed by atoms with E-state index < -0.39 is 0 Å². The molecule has 0 aliphatic carbocycles. The summed E-state index contributed by atoms with van der Waals surface area (Å²) in [6, 6.07) is 5.90. The van der Waals surface area contributed by atoms with Crippen molar-refractivity contribution in [2.45, 2.75) is 0 Å². The first kappa shape index (κ1) is 7.80. The molecule has 1 aromatic carbocycles. The molecule has 1 heterocycles. The maximum absolute atomic E-state index is 5.47. The minimum absolute atomic E-state index is 0.667. The van der Waals surface area contributed by atoms with Gasteiger partial charge in [-0.05, 0) is 28.1 Å². The van der Waals surface area contributed by atoms with Crippen LogP contribution in [0.1, 0.15) is 5.56 Å². The molecule has 0 spiro atoms. The fraction of sp³-hybridized carbons (Fsp3) is 0.222. The normalized spacial score (nSPS) is 14.8. The van der Waals surface area contributed by atoms with Gasteiger partial charge in [-0.3, -0.25) is 4.99 Å². The van der Waals surface area contributed by atoms with Crippen LogP contribution in [0.15, 0.2) is 27.7 Å². The Morgan fingerprint density at radius 1 is 1.42 bits per heavy atom. The van der Waals surface area contributed by atoms with E-state index in [0.29, 0.717) is 6.61 Å². The minimum atomic E-state index is 0.667. The van der Waals surface area contributed by atoms with Gasteiger partial charge < -0.3 is 4.74 Å². The van der Waals surface area contributed by atoms with E-state index in [1.807, 2.05) is 24.4 Å². The number of halogens is 1. The summed E-state index contributed by atoms with van der Waals surface area (Å²) in [6.45, 7) is 1.40. The van der Waals surface area contributed by atoms with Crippen LogP contribution in [-0.2, 0) is 0 Å². The summed E-state index contributed by atoms with van der Waals surface area (Å²) in [5.74, 6) is 0.908. The number of fused-ring (bicyclic) bond motifs is 1. The van der Waals surface area contributed by atoms with Gasteiger partial charge in [-0.15, -0.1) is 0 Å². The second-order valence-corrected chi connectivity index (χ2v) is 3.39. The lowest BCUT2D eigenvalue weighted by molar-refractivity contribution is 0.331. The molecule has 0 amide bonds. The zero-order chi connectivity index (χ0) is 8.39. The van der Waals surface area contributed by atoms with Crippen LogP contribution in [0.4, 0.5) is 0 Å². The van der Waals surface area contributed by atoms with Gasteiger partial charge in [-0.2, -0.15) is 0 Å². The predicted octanol–water partition coefficient (Wildman–Crippen LogP) is 2.26. The first-order valence-electron chi connectivity index (χ1n) is 3.79. The molecule has 12 heavy (non-hydrogen) atoms. The molecule has 2 nitrogen and oxygen atoms in total. The first-order chi connectivity index (χ1) is 5.88. The van der Waals surface area contributed by atoms with E-state index in [-0.39, 0.29) is 0 Å². The Labute approximate surface area is 79.4 Å². The van der Waals surface area contributed by atoms with E-state index in [4.69, 9.17) is 4.74 Å². The lowest BCUT2D eigenvalue weighted by Gasteiger charge is -2.05.